The Kier molecular flexibility index (Phi) is 2.97. The number of fused-ring (bicyclic) bond motifs is 1. The van der Waals surface area contributed by atoms with Crippen molar-refractivity contribution in [3.8, 4) is 5.88 Å². The average molecular weight is 249 g/mol. The van der Waals surface area contributed by atoms with Crippen LogP contribution in [0.1, 0.15) is 13.3 Å². The molecule has 2 aromatic heterocycles. The summed E-state index contributed by atoms with van der Waals surface area (Å²) in [5, 5.41) is 3.07. The van der Waals surface area contributed by atoms with Crippen LogP contribution in [0.25, 0.3) is 11.2 Å². The summed E-state index contributed by atoms with van der Waals surface area (Å²) in [7, 11) is 0. The van der Waals surface area contributed by atoms with Crippen molar-refractivity contribution in [2.45, 2.75) is 19.4 Å². The van der Waals surface area contributed by atoms with Gasteiger partial charge >= 0.3 is 0 Å². The molecule has 0 radical (unpaired) electrons. The molecule has 18 heavy (non-hydrogen) atoms. The van der Waals surface area contributed by atoms with Gasteiger partial charge in [0.15, 0.2) is 5.65 Å². The van der Waals surface area contributed by atoms with Gasteiger partial charge in [0.1, 0.15) is 11.6 Å². The molecule has 1 atom stereocenters. The SMILES string of the molecule is CCNc1nc(OC2CCOC2)c2[nH]cnc2n1. The van der Waals surface area contributed by atoms with Gasteiger partial charge in [0, 0.05) is 13.0 Å². The lowest BCUT2D eigenvalue weighted by Crippen LogP contribution is -2.17. The van der Waals surface area contributed by atoms with Gasteiger partial charge in [-0.1, -0.05) is 0 Å². The third-order valence-electron chi connectivity index (χ3n) is 2.75. The number of hydrogen-bond acceptors (Lipinski definition) is 6. The molecule has 0 spiro atoms. The Bertz CT molecular complexity index is 535. The second kappa shape index (κ2) is 4.77. The van der Waals surface area contributed by atoms with E-state index in [1.54, 1.807) is 6.33 Å². The van der Waals surface area contributed by atoms with E-state index in [1.165, 1.54) is 0 Å². The molecular formula is C11H15N5O2. The van der Waals surface area contributed by atoms with Gasteiger partial charge in [-0.15, -0.1) is 0 Å². The van der Waals surface area contributed by atoms with Crippen LogP contribution >= 0.6 is 0 Å². The molecule has 3 rings (SSSR count). The first-order chi connectivity index (χ1) is 8.86. The number of nitrogens with zero attached hydrogens (tertiary/aromatic N) is 3. The average Bonchev–Trinajstić information content (AvgIpc) is 2.99. The minimum Gasteiger partial charge on any atom is -0.470 e. The van der Waals surface area contributed by atoms with Crippen molar-refractivity contribution < 1.29 is 9.47 Å². The second-order valence-corrected chi connectivity index (χ2v) is 4.09. The highest BCUT2D eigenvalue weighted by Crippen LogP contribution is 2.23. The lowest BCUT2D eigenvalue weighted by atomic mass is 10.3. The number of imidazole rings is 1. The van der Waals surface area contributed by atoms with E-state index in [2.05, 4.69) is 25.3 Å². The number of rotatable bonds is 4. The van der Waals surface area contributed by atoms with E-state index >= 15 is 0 Å². The van der Waals surface area contributed by atoms with Crippen molar-refractivity contribution in [3.05, 3.63) is 6.33 Å². The van der Waals surface area contributed by atoms with Crippen molar-refractivity contribution in [1.29, 1.82) is 0 Å². The van der Waals surface area contributed by atoms with Crippen LogP contribution in [0.2, 0.25) is 0 Å². The summed E-state index contributed by atoms with van der Waals surface area (Å²) in [6.07, 6.45) is 2.53. The van der Waals surface area contributed by atoms with Crippen LogP contribution < -0.4 is 10.1 Å². The van der Waals surface area contributed by atoms with Gasteiger partial charge < -0.3 is 19.8 Å². The van der Waals surface area contributed by atoms with Gasteiger partial charge in [0.25, 0.3) is 0 Å². The summed E-state index contributed by atoms with van der Waals surface area (Å²) >= 11 is 0. The summed E-state index contributed by atoms with van der Waals surface area (Å²) in [5.74, 6) is 1.06. The summed E-state index contributed by atoms with van der Waals surface area (Å²) in [6.45, 7) is 4.09. The van der Waals surface area contributed by atoms with Crippen LogP contribution in [0, 0.1) is 0 Å². The number of hydrogen-bond donors (Lipinski definition) is 2. The fraction of sp³-hybridized carbons (Fsp3) is 0.545. The summed E-state index contributed by atoms with van der Waals surface area (Å²) < 4.78 is 11.1. The molecule has 3 heterocycles. The van der Waals surface area contributed by atoms with E-state index in [0.29, 0.717) is 24.1 Å². The van der Waals surface area contributed by atoms with Crippen molar-refractivity contribution in [2.75, 3.05) is 25.1 Å². The summed E-state index contributed by atoms with van der Waals surface area (Å²) in [6, 6.07) is 0. The zero-order chi connectivity index (χ0) is 12.4. The first-order valence-corrected chi connectivity index (χ1v) is 6.06. The molecule has 0 bridgehead atoms. The van der Waals surface area contributed by atoms with Crippen LogP contribution in [-0.4, -0.2) is 45.8 Å². The highest BCUT2D eigenvalue weighted by atomic mass is 16.5. The molecule has 1 aliphatic rings. The number of H-pyrrole nitrogens is 1. The fourth-order valence-corrected chi connectivity index (χ4v) is 1.89. The van der Waals surface area contributed by atoms with Crippen molar-refractivity contribution in [2.24, 2.45) is 0 Å². The number of anilines is 1. The molecule has 0 amide bonds. The summed E-state index contributed by atoms with van der Waals surface area (Å²) in [5.41, 5.74) is 1.33. The Morgan fingerprint density at radius 1 is 1.56 bits per heavy atom. The molecule has 1 unspecified atom stereocenters. The van der Waals surface area contributed by atoms with Gasteiger partial charge in [-0.2, -0.15) is 9.97 Å². The van der Waals surface area contributed by atoms with E-state index < -0.39 is 0 Å². The quantitative estimate of drug-likeness (QED) is 0.839. The van der Waals surface area contributed by atoms with E-state index in [4.69, 9.17) is 9.47 Å². The molecule has 2 aromatic rings. The molecule has 1 aliphatic heterocycles. The Labute approximate surface area is 104 Å². The predicted octanol–water partition coefficient (Wildman–Crippen LogP) is 0.952. The lowest BCUT2D eigenvalue weighted by Gasteiger charge is -2.12. The van der Waals surface area contributed by atoms with Crippen LogP contribution in [0.4, 0.5) is 5.95 Å². The number of aromatic nitrogens is 4. The van der Waals surface area contributed by atoms with Gasteiger partial charge in [-0.3, -0.25) is 0 Å². The van der Waals surface area contributed by atoms with Crippen molar-refractivity contribution in [3.63, 3.8) is 0 Å². The van der Waals surface area contributed by atoms with Gasteiger partial charge in [0.05, 0.1) is 19.5 Å². The molecule has 1 fully saturated rings. The number of nitrogens with one attached hydrogen (secondary N) is 2. The Morgan fingerprint density at radius 2 is 2.50 bits per heavy atom. The molecular weight excluding hydrogens is 234 g/mol. The molecule has 0 saturated carbocycles. The highest BCUT2D eigenvalue weighted by Gasteiger charge is 2.20. The molecule has 96 valence electrons. The van der Waals surface area contributed by atoms with E-state index in [0.717, 1.165) is 25.1 Å². The predicted molar refractivity (Wildman–Crippen MR) is 65.7 cm³/mol. The normalized spacial score (nSPS) is 19.3. The smallest absolute Gasteiger partial charge is 0.245 e. The zero-order valence-corrected chi connectivity index (χ0v) is 10.1. The van der Waals surface area contributed by atoms with Crippen molar-refractivity contribution >= 4 is 17.1 Å². The van der Waals surface area contributed by atoms with Crippen LogP contribution in [0.5, 0.6) is 5.88 Å². The molecule has 2 N–H and O–H groups in total. The highest BCUT2D eigenvalue weighted by molar-refractivity contribution is 5.76. The second-order valence-electron chi connectivity index (χ2n) is 4.09. The Morgan fingerprint density at radius 3 is 3.28 bits per heavy atom. The fourth-order valence-electron chi connectivity index (χ4n) is 1.89. The van der Waals surface area contributed by atoms with E-state index in [9.17, 15) is 0 Å². The maximum atomic E-state index is 5.85. The van der Waals surface area contributed by atoms with Gasteiger partial charge in [0.2, 0.25) is 11.8 Å². The standard InChI is InChI=1S/C11H15N5O2/c1-2-12-11-15-9-8(13-6-14-9)10(16-11)18-7-3-4-17-5-7/h6-7H,2-5H2,1H3,(H2,12,13,14,15,16). The first-order valence-electron chi connectivity index (χ1n) is 6.06. The molecule has 1 saturated heterocycles. The maximum absolute atomic E-state index is 5.85. The Balaban J connectivity index is 1.93. The van der Waals surface area contributed by atoms with E-state index in [-0.39, 0.29) is 6.10 Å². The van der Waals surface area contributed by atoms with Crippen molar-refractivity contribution in [1.82, 2.24) is 19.9 Å². The third-order valence-corrected chi connectivity index (χ3v) is 2.75. The van der Waals surface area contributed by atoms with Gasteiger partial charge in [-0.25, -0.2) is 4.98 Å². The summed E-state index contributed by atoms with van der Waals surface area (Å²) in [4.78, 5) is 15.8. The maximum Gasteiger partial charge on any atom is 0.245 e. The van der Waals surface area contributed by atoms with E-state index in [1.807, 2.05) is 6.92 Å². The lowest BCUT2D eigenvalue weighted by molar-refractivity contribution is 0.139. The zero-order valence-electron chi connectivity index (χ0n) is 10.1. The minimum atomic E-state index is 0.0564. The largest absolute Gasteiger partial charge is 0.470 e. The number of ether oxygens (including phenoxy) is 2. The van der Waals surface area contributed by atoms with Crippen LogP contribution in [-0.2, 0) is 4.74 Å². The minimum absolute atomic E-state index is 0.0564. The number of aromatic amines is 1. The van der Waals surface area contributed by atoms with Crippen LogP contribution in [0.15, 0.2) is 6.33 Å². The first kappa shape index (κ1) is 11.2. The molecule has 7 nitrogen and oxygen atoms in total. The molecule has 7 heteroatoms. The molecule has 0 aliphatic carbocycles. The molecule has 0 aromatic carbocycles. The third kappa shape index (κ3) is 2.08. The van der Waals surface area contributed by atoms with Gasteiger partial charge in [-0.05, 0) is 6.92 Å². The topological polar surface area (TPSA) is 85.0 Å². The van der Waals surface area contributed by atoms with Crippen LogP contribution in [0.3, 0.4) is 0 Å². The monoisotopic (exact) mass is 249 g/mol. The Hall–Kier alpha value is -1.89.